The third-order valence-electron chi connectivity index (χ3n) is 7.88. The molecule has 0 heterocycles. The minimum absolute atomic E-state index is 0.145. The molecule has 0 atom stereocenters. The van der Waals surface area contributed by atoms with Crippen LogP contribution in [-0.2, 0) is 11.8 Å². The number of benzene rings is 3. The Morgan fingerprint density at radius 1 is 0.743 bits per heavy atom. The van der Waals surface area contributed by atoms with E-state index in [2.05, 4.69) is 86.6 Å². The first kappa shape index (κ1) is 26.7. The van der Waals surface area contributed by atoms with E-state index < -0.39 is 0 Å². The molecule has 0 radical (unpaired) electrons. The second-order valence-corrected chi connectivity index (χ2v) is 10.9. The van der Waals surface area contributed by atoms with Crippen LogP contribution in [0, 0.1) is 27.7 Å². The summed E-state index contributed by atoms with van der Waals surface area (Å²) < 4.78 is 6.53. The van der Waals surface area contributed by atoms with Crippen molar-refractivity contribution in [2.24, 2.45) is 0 Å². The summed E-state index contributed by atoms with van der Waals surface area (Å²) in [5.41, 5.74) is 8.83. The zero-order chi connectivity index (χ0) is 26.0. The van der Waals surface area contributed by atoms with E-state index in [0.717, 1.165) is 29.7 Å². The van der Waals surface area contributed by atoms with Crippen LogP contribution in [0.4, 0.5) is 0 Å². The smallest absolute Gasteiger partial charge is 0.167 e. The van der Waals surface area contributed by atoms with Gasteiger partial charge in [0, 0.05) is 17.4 Å². The van der Waals surface area contributed by atoms with Gasteiger partial charge in [-0.3, -0.25) is 4.79 Å². The van der Waals surface area contributed by atoms with Gasteiger partial charge in [0.15, 0.2) is 5.78 Å². The van der Waals surface area contributed by atoms with E-state index >= 15 is 0 Å². The molecule has 0 bridgehead atoms. The van der Waals surface area contributed by atoms with Gasteiger partial charge in [0.25, 0.3) is 0 Å². The average Bonchev–Trinajstić information content (AvgIpc) is 2.83. The third kappa shape index (κ3) is 5.69. The number of aryl methyl sites for hydroxylation is 4. The summed E-state index contributed by atoms with van der Waals surface area (Å²) in [5, 5.41) is 0. The molecule has 0 N–H and O–H groups in total. The summed E-state index contributed by atoms with van der Waals surface area (Å²) in [6.45, 7) is 19.7. The second-order valence-electron chi connectivity index (χ2n) is 10.9. The molecule has 3 aromatic carbocycles. The van der Waals surface area contributed by atoms with Crippen LogP contribution < -0.4 is 4.74 Å². The first-order valence-electron chi connectivity index (χ1n) is 12.9. The van der Waals surface area contributed by atoms with Crippen molar-refractivity contribution in [1.29, 1.82) is 0 Å². The van der Waals surface area contributed by atoms with E-state index in [1.54, 1.807) is 0 Å². The van der Waals surface area contributed by atoms with E-state index in [1.165, 1.54) is 33.4 Å². The molecule has 3 aromatic rings. The number of carbonyl (C=O) groups is 1. The molecule has 0 spiro atoms. The zero-order valence-electron chi connectivity index (χ0n) is 23.1. The fraction of sp³-hybridized carbons (Fsp3) is 0.424. The lowest BCUT2D eigenvalue weighted by atomic mass is 9.75. The van der Waals surface area contributed by atoms with E-state index in [1.807, 2.05) is 30.3 Å². The zero-order valence-corrected chi connectivity index (χ0v) is 23.1. The molecular weight excluding hydrogens is 428 g/mol. The minimum Gasteiger partial charge on any atom is -0.487 e. The van der Waals surface area contributed by atoms with Crippen LogP contribution in [0.3, 0.4) is 0 Å². The van der Waals surface area contributed by atoms with Crippen LogP contribution >= 0.6 is 0 Å². The molecule has 0 saturated carbocycles. The van der Waals surface area contributed by atoms with Crippen LogP contribution in [0.25, 0.3) is 0 Å². The number of ether oxygens (including phenoxy) is 1. The van der Waals surface area contributed by atoms with Crippen molar-refractivity contribution in [2.75, 3.05) is 0 Å². The molecule has 186 valence electrons. The van der Waals surface area contributed by atoms with Gasteiger partial charge in [-0.05, 0) is 86.4 Å². The highest BCUT2D eigenvalue weighted by Crippen LogP contribution is 2.38. The van der Waals surface area contributed by atoms with E-state index in [4.69, 9.17) is 4.74 Å². The molecule has 35 heavy (non-hydrogen) atoms. The number of hydrogen-bond acceptors (Lipinski definition) is 2. The van der Waals surface area contributed by atoms with Gasteiger partial charge < -0.3 is 4.74 Å². The first-order valence-corrected chi connectivity index (χ1v) is 12.9. The molecule has 0 fully saturated rings. The molecule has 0 aliphatic carbocycles. The van der Waals surface area contributed by atoms with Crippen molar-refractivity contribution < 1.29 is 9.53 Å². The quantitative estimate of drug-likeness (QED) is 0.293. The summed E-state index contributed by atoms with van der Waals surface area (Å²) in [6.07, 6.45) is 2.39. The number of carbonyl (C=O) groups excluding carboxylic acids is 1. The Balaban J connectivity index is 1.94. The van der Waals surface area contributed by atoms with Crippen molar-refractivity contribution in [3.8, 4) is 5.75 Å². The lowest BCUT2D eigenvalue weighted by Gasteiger charge is -2.32. The van der Waals surface area contributed by atoms with Crippen molar-refractivity contribution in [3.63, 3.8) is 0 Å². The maximum Gasteiger partial charge on any atom is 0.167 e. The van der Waals surface area contributed by atoms with Gasteiger partial charge in [0.1, 0.15) is 11.4 Å². The molecule has 2 nitrogen and oxygen atoms in total. The van der Waals surface area contributed by atoms with Gasteiger partial charge in [-0.25, -0.2) is 0 Å². The van der Waals surface area contributed by atoms with Crippen molar-refractivity contribution in [3.05, 3.63) is 99.1 Å². The largest absolute Gasteiger partial charge is 0.487 e. The maximum absolute atomic E-state index is 12.9. The molecular formula is C33H42O2. The molecule has 0 unspecified atom stereocenters. The summed E-state index contributed by atoms with van der Waals surface area (Å²) in [7, 11) is 0. The molecule has 2 heteroatoms. The predicted molar refractivity (Wildman–Crippen MR) is 148 cm³/mol. The van der Waals surface area contributed by atoms with Crippen LogP contribution in [-0.4, -0.2) is 11.4 Å². The lowest BCUT2D eigenvalue weighted by Crippen LogP contribution is -2.31. The molecule has 0 saturated heterocycles. The van der Waals surface area contributed by atoms with Crippen molar-refractivity contribution >= 4 is 5.78 Å². The van der Waals surface area contributed by atoms with E-state index in [0.29, 0.717) is 6.42 Å². The minimum atomic E-state index is -0.176. The van der Waals surface area contributed by atoms with Gasteiger partial charge in [-0.2, -0.15) is 0 Å². The molecule has 0 amide bonds. The van der Waals surface area contributed by atoms with E-state index in [9.17, 15) is 4.79 Å². The fourth-order valence-electron chi connectivity index (χ4n) is 4.80. The Hall–Kier alpha value is -2.87. The molecule has 0 aliphatic heterocycles. The highest BCUT2D eigenvalue weighted by molar-refractivity contribution is 5.97. The average molecular weight is 471 g/mol. The summed E-state index contributed by atoms with van der Waals surface area (Å²) in [6, 6.07) is 18.7. The Morgan fingerprint density at radius 2 is 1.20 bits per heavy atom. The van der Waals surface area contributed by atoms with Gasteiger partial charge in [-0.15, -0.1) is 0 Å². The van der Waals surface area contributed by atoms with E-state index in [-0.39, 0.29) is 16.8 Å². The number of rotatable bonds is 9. The SMILES string of the molecule is CCC(C)(CC)Oc1c(C)cc(C(C)(C)c2cc(C)c(CC(=O)c3ccccc3)c(C)c2)cc1C. The van der Waals surface area contributed by atoms with Gasteiger partial charge in [0.2, 0.25) is 0 Å². The van der Waals surface area contributed by atoms with Gasteiger partial charge in [-0.1, -0.05) is 82.3 Å². The van der Waals surface area contributed by atoms with Crippen molar-refractivity contribution in [2.45, 2.75) is 92.6 Å². The van der Waals surface area contributed by atoms with Gasteiger partial charge in [0.05, 0.1) is 0 Å². The van der Waals surface area contributed by atoms with Crippen LogP contribution in [0.2, 0.25) is 0 Å². The number of hydrogen-bond donors (Lipinski definition) is 0. The van der Waals surface area contributed by atoms with Crippen LogP contribution in [0.5, 0.6) is 5.75 Å². The summed E-state index contributed by atoms with van der Waals surface area (Å²) in [4.78, 5) is 12.9. The Bertz CT molecular complexity index is 1150. The first-order chi connectivity index (χ1) is 16.4. The Morgan fingerprint density at radius 3 is 1.66 bits per heavy atom. The molecule has 0 aliphatic rings. The Kier molecular flexibility index (Phi) is 7.94. The van der Waals surface area contributed by atoms with Crippen LogP contribution in [0.15, 0.2) is 54.6 Å². The number of Topliss-reactive ketones (excluding diaryl/α,β-unsaturated/α-hetero) is 1. The Labute approximate surface area is 212 Å². The number of ketones is 1. The maximum atomic E-state index is 12.9. The second kappa shape index (κ2) is 10.4. The topological polar surface area (TPSA) is 26.3 Å². The standard InChI is InChI=1S/C33H42O2/c1-10-33(9,11-2)35-31-24(5)19-28(20-25(31)6)32(7,8)27-17-22(3)29(23(4)18-27)21-30(34)26-15-13-12-14-16-26/h12-20H,10-11,21H2,1-9H3. The highest BCUT2D eigenvalue weighted by Gasteiger charge is 2.28. The lowest BCUT2D eigenvalue weighted by molar-refractivity contribution is 0.0785. The predicted octanol–water partition coefficient (Wildman–Crippen LogP) is 8.63. The third-order valence-corrected chi connectivity index (χ3v) is 7.88. The molecule has 3 rings (SSSR count). The summed E-state index contributed by atoms with van der Waals surface area (Å²) >= 11 is 0. The monoisotopic (exact) mass is 470 g/mol. The van der Waals surface area contributed by atoms with Gasteiger partial charge >= 0.3 is 0 Å². The molecule has 0 aromatic heterocycles. The normalized spacial score (nSPS) is 12.0. The van der Waals surface area contributed by atoms with Crippen molar-refractivity contribution in [1.82, 2.24) is 0 Å². The van der Waals surface area contributed by atoms with Crippen LogP contribution in [0.1, 0.15) is 96.8 Å². The summed E-state index contributed by atoms with van der Waals surface area (Å²) in [5.74, 6) is 1.18. The fourth-order valence-corrected chi connectivity index (χ4v) is 4.80. The highest BCUT2D eigenvalue weighted by atomic mass is 16.5.